The Morgan fingerprint density at radius 2 is 1.54 bits per heavy atom. The average Bonchev–Trinajstić information content (AvgIpc) is 3.81. The van der Waals surface area contributed by atoms with E-state index in [4.69, 9.17) is 11.3 Å². The van der Waals surface area contributed by atoms with E-state index in [0.717, 1.165) is 76.0 Å². The smallest absolute Gasteiger partial charge is 0 e. The first kappa shape index (κ1) is 41.3. The topological polar surface area (TPSA) is 43.6 Å². The van der Waals surface area contributed by atoms with E-state index in [9.17, 15) is 4.39 Å². The third-order valence-corrected chi connectivity index (χ3v) is 16.6. The molecule has 1 radical (unpaired) electrons. The Hall–Kier alpha value is -5.05. The van der Waals surface area contributed by atoms with Gasteiger partial charge in [-0.3, -0.25) is 4.98 Å². The predicted octanol–water partition coefficient (Wildman–Crippen LogP) is 14.2. The van der Waals surface area contributed by atoms with Crippen molar-refractivity contribution < 1.29 is 25.9 Å². The van der Waals surface area contributed by atoms with E-state index in [1.807, 2.05) is 68.6 Å². The molecule has 0 unspecified atom stereocenters. The maximum atomic E-state index is 14.7. The van der Waals surface area contributed by atoms with Crippen LogP contribution in [-0.4, -0.2) is 32.8 Å². The van der Waals surface area contributed by atoms with Crippen molar-refractivity contribution in [3.05, 3.63) is 163 Å². The number of fused-ring (bicyclic) bond motifs is 7. The maximum Gasteiger partial charge on any atom is 0 e. The Labute approximate surface area is 379 Å². The molecule has 61 heavy (non-hydrogen) atoms. The molecule has 6 aromatic carbocycles. The first-order chi connectivity index (χ1) is 29.1. The Morgan fingerprint density at radius 3 is 2.26 bits per heavy atom. The van der Waals surface area contributed by atoms with Gasteiger partial charge in [0.1, 0.15) is 10.6 Å². The van der Waals surface area contributed by atoms with Gasteiger partial charge >= 0.3 is 120 Å². The van der Waals surface area contributed by atoms with Crippen molar-refractivity contribution in [2.24, 2.45) is 0 Å². The normalized spacial score (nSPS) is 12.4. The molecule has 0 aliphatic rings. The predicted molar refractivity (Wildman–Crippen MR) is 255 cm³/mol. The summed E-state index contributed by atoms with van der Waals surface area (Å²) in [5.41, 5.74) is 8.97. The zero-order chi connectivity index (χ0) is 42.8. The fraction of sp³-hybridized carbons (Fsp3) is 0.189. The minimum absolute atomic E-state index is 0. The van der Waals surface area contributed by atoms with E-state index in [1.54, 1.807) is 17.4 Å². The summed E-state index contributed by atoms with van der Waals surface area (Å²) in [6, 6.07) is 49.2. The molecule has 0 atom stereocenters. The van der Waals surface area contributed by atoms with Gasteiger partial charge in [-0.2, -0.15) is 11.3 Å². The van der Waals surface area contributed by atoms with Crippen LogP contribution >= 0.6 is 11.3 Å². The summed E-state index contributed by atoms with van der Waals surface area (Å²) in [6.45, 7) is 10.6. The summed E-state index contributed by atoms with van der Waals surface area (Å²) in [7, 11) is 0. The maximum absolute atomic E-state index is 14.7. The van der Waals surface area contributed by atoms with Crippen molar-refractivity contribution in [3.8, 4) is 28.3 Å². The van der Waals surface area contributed by atoms with Gasteiger partial charge in [-0.25, -0.2) is 9.37 Å². The molecule has 0 saturated heterocycles. The fourth-order valence-corrected chi connectivity index (χ4v) is 12.5. The molecule has 307 valence electrons. The van der Waals surface area contributed by atoms with Crippen molar-refractivity contribution in [1.82, 2.24) is 19.5 Å². The molecular weight excluding hydrogens is 1010 g/mol. The number of nitrogens with zero attached hydrogens (tertiary/aromatic N) is 4. The van der Waals surface area contributed by atoms with Crippen LogP contribution in [0.15, 0.2) is 134 Å². The Balaban J connectivity index is 0.000000214. The largest absolute Gasteiger partial charge is 0 e. The van der Waals surface area contributed by atoms with Crippen LogP contribution in [-0.2, 0) is 25.5 Å². The Morgan fingerprint density at radius 1 is 0.770 bits per heavy atom. The van der Waals surface area contributed by atoms with Crippen LogP contribution in [0.1, 0.15) is 53.0 Å². The van der Waals surface area contributed by atoms with Gasteiger partial charge in [0, 0.05) is 42.0 Å². The molecule has 0 bridgehead atoms. The summed E-state index contributed by atoms with van der Waals surface area (Å²) in [6.07, 6.45) is 2.00. The van der Waals surface area contributed by atoms with Crippen LogP contribution in [0.4, 0.5) is 4.39 Å². The van der Waals surface area contributed by atoms with Gasteiger partial charge in [-0.05, 0) is 57.5 Å². The second-order valence-electron chi connectivity index (χ2n) is 17.7. The van der Waals surface area contributed by atoms with Crippen LogP contribution in [0, 0.1) is 17.9 Å². The molecule has 0 fully saturated rings. The van der Waals surface area contributed by atoms with Gasteiger partial charge in [0.15, 0.2) is 0 Å². The molecule has 0 aliphatic carbocycles. The van der Waals surface area contributed by atoms with Crippen LogP contribution < -0.4 is 4.40 Å². The minimum Gasteiger partial charge on any atom is 0 e. The van der Waals surface area contributed by atoms with Gasteiger partial charge in [-0.1, -0.05) is 80.3 Å². The van der Waals surface area contributed by atoms with Gasteiger partial charge in [0.25, 0.3) is 0 Å². The molecule has 8 heteroatoms. The molecule has 0 amide bonds. The SMILES string of the molecule is CC(C)(C)c1ccc(-n2c(-c3[c-]ccc4c3sc3nc5cccc(F)c5cc34)nc3c4ccccc4ccc32)cc1.[2H]C(C)(C)c1cc(-c2[c-]cccc2)nc[c]1[Ge]([CH3])([CH3])[CH3].[Ir]. The van der Waals surface area contributed by atoms with Gasteiger partial charge in [-0.15, -0.1) is 18.2 Å². The third kappa shape index (κ3) is 8.10. The van der Waals surface area contributed by atoms with E-state index in [-0.39, 0.29) is 31.3 Å². The van der Waals surface area contributed by atoms with Crippen molar-refractivity contribution >= 4 is 82.0 Å². The van der Waals surface area contributed by atoms with Crippen LogP contribution in [0.5, 0.6) is 0 Å². The van der Waals surface area contributed by atoms with Crippen LogP contribution in [0.2, 0.25) is 17.3 Å². The number of imidazole rings is 1. The van der Waals surface area contributed by atoms with Crippen molar-refractivity contribution in [3.63, 3.8) is 0 Å². The van der Waals surface area contributed by atoms with Gasteiger partial charge in [0.05, 0.1) is 22.4 Å². The number of rotatable bonds is 5. The number of thiophene rings is 1. The molecule has 10 rings (SSSR count). The number of hydrogen-bond donors (Lipinski definition) is 0. The summed E-state index contributed by atoms with van der Waals surface area (Å²) < 4.78 is 27.7. The van der Waals surface area contributed by atoms with Crippen LogP contribution in [0.25, 0.3) is 81.3 Å². The molecule has 0 N–H and O–H groups in total. The van der Waals surface area contributed by atoms with E-state index in [0.29, 0.717) is 10.9 Å². The monoisotopic (exact) mass is 1060 g/mol. The zero-order valence-corrected chi connectivity index (χ0v) is 40.9. The molecular formula is C53H47FGeIrN4S-2. The number of pyridine rings is 2. The average molecular weight is 1060 g/mol. The summed E-state index contributed by atoms with van der Waals surface area (Å²) >= 11 is -0.417. The van der Waals surface area contributed by atoms with Gasteiger partial charge in [0.2, 0.25) is 0 Å². The Bertz CT molecular complexity index is 3270. The second-order valence-corrected chi connectivity index (χ2v) is 29.3. The van der Waals surface area contributed by atoms with Gasteiger partial charge < -0.3 is 4.57 Å². The molecule has 0 spiro atoms. The molecule has 4 aromatic heterocycles. The fourth-order valence-electron chi connectivity index (χ4n) is 8.00. The van der Waals surface area contributed by atoms with E-state index < -0.39 is 19.2 Å². The Kier molecular flexibility index (Phi) is 11.3. The third-order valence-electron chi connectivity index (χ3n) is 11.2. The molecule has 0 aliphatic heterocycles. The van der Waals surface area contributed by atoms with E-state index >= 15 is 0 Å². The second kappa shape index (κ2) is 16.7. The number of aromatic nitrogens is 4. The zero-order valence-electron chi connectivity index (χ0n) is 36.6. The van der Waals surface area contributed by atoms with Crippen LogP contribution in [0.3, 0.4) is 0 Å². The number of halogens is 1. The molecule has 10 aromatic rings. The van der Waals surface area contributed by atoms with E-state index in [2.05, 4.69) is 126 Å². The quantitative estimate of drug-likeness (QED) is 0.127. The van der Waals surface area contributed by atoms with Crippen molar-refractivity contribution in [1.29, 1.82) is 0 Å². The first-order valence-corrected chi connectivity index (χ1v) is 28.5. The summed E-state index contributed by atoms with van der Waals surface area (Å²) in [4.78, 5) is 15.6. The number of hydrogen-bond acceptors (Lipinski definition) is 4. The first-order valence-electron chi connectivity index (χ1n) is 20.9. The minimum atomic E-state index is -2.03. The summed E-state index contributed by atoms with van der Waals surface area (Å²) in [5, 5.41) is 4.78. The molecule has 4 heterocycles. The molecule has 0 saturated carbocycles. The summed E-state index contributed by atoms with van der Waals surface area (Å²) in [5.74, 6) is 7.02. The van der Waals surface area contributed by atoms with Crippen molar-refractivity contribution in [2.75, 3.05) is 0 Å². The van der Waals surface area contributed by atoms with Crippen molar-refractivity contribution in [2.45, 2.75) is 63.2 Å². The number of benzene rings is 6. The van der Waals surface area contributed by atoms with E-state index in [1.165, 1.54) is 16.0 Å². The molecule has 4 nitrogen and oxygen atoms in total. The standard InChI is InChI=1S/C36H25FN3S.C17H22GeN.Ir/c1-36(2,3)22-15-17-23(18-16-22)40-31-19-14-21-8-4-5-9-24(21)32(31)39-34(40)26-11-6-10-25-27-20-28-29(37)12-7-13-30(28)38-35(27)41-33(25)26;1-13(2)15-11-17(14-9-7-6-8-10-14)19-12-16(15)18(3,4)5;/h4-10,12-20H,1-3H3;6-9,11-13H,1-5H3;/q2*-1;/i;13D;.